The fraction of sp³-hybridized carbons (Fsp3) is 0.214. The number of furan rings is 1. The Balaban J connectivity index is 2.03. The summed E-state index contributed by atoms with van der Waals surface area (Å²) in [6, 6.07) is 7.61. The third kappa shape index (κ3) is 1.73. The number of ketones is 1. The summed E-state index contributed by atoms with van der Waals surface area (Å²) in [6.45, 7) is 2.59. The first kappa shape index (κ1) is 10.1. The number of hydrogen-bond acceptors (Lipinski definition) is 3. The Morgan fingerprint density at radius 1 is 1.29 bits per heavy atom. The zero-order valence-electron chi connectivity index (χ0n) is 9.53. The van der Waals surface area contributed by atoms with Gasteiger partial charge in [0.05, 0.1) is 6.61 Å². The van der Waals surface area contributed by atoms with E-state index in [4.69, 9.17) is 9.15 Å². The Morgan fingerprint density at radius 2 is 2.18 bits per heavy atom. The largest absolute Gasteiger partial charge is 0.489 e. The number of Topliss-reactive ketones (excluding diaryl/α,β-unsaturated/α-hetero) is 1. The lowest BCUT2D eigenvalue weighted by atomic mass is 10.1. The van der Waals surface area contributed by atoms with E-state index in [1.165, 1.54) is 0 Å². The van der Waals surface area contributed by atoms with Crippen LogP contribution < -0.4 is 0 Å². The second-order valence-corrected chi connectivity index (χ2v) is 4.19. The molecule has 0 aliphatic carbocycles. The minimum Gasteiger partial charge on any atom is -0.489 e. The van der Waals surface area contributed by atoms with Crippen molar-refractivity contribution < 1.29 is 13.9 Å². The standard InChI is InChI=1S/C14H12O3/c1-9-4-5-11-10(7-9)8-13(17-11)14(15)12-3-2-6-16-12/h3-5,7-8H,2,6H2,1H3. The summed E-state index contributed by atoms with van der Waals surface area (Å²) < 4.78 is 10.8. The molecule has 0 saturated heterocycles. The van der Waals surface area contributed by atoms with Crippen molar-refractivity contribution >= 4 is 16.8 Å². The number of ether oxygens (including phenoxy) is 1. The molecule has 0 N–H and O–H groups in total. The van der Waals surface area contributed by atoms with Crippen LogP contribution in [0.3, 0.4) is 0 Å². The molecular weight excluding hydrogens is 216 g/mol. The minimum atomic E-state index is -0.170. The van der Waals surface area contributed by atoms with Gasteiger partial charge in [-0.15, -0.1) is 0 Å². The number of allylic oxidation sites excluding steroid dienone is 1. The number of carbonyl (C=O) groups excluding carboxylic acids is 1. The summed E-state index contributed by atoms with van der Waals surface area (Å²) in [5, 5.41) is 0.951. The molecule has 3 nitrogen and oxygen atoms in total. The van der Waals surface area contributed by atoms with Crippen molar-refractivity contribution in [3.05, 3.63) is 47.4 Å². The second-order valence-electron chi connectivity index (χ2n) is 4.19. The number of fused-ring (bicyclic) bond motifs is 1. The summed E-state index contributed by atoms with van der Waals surface area (Å²) in [5.74, 6) is 0.580. The molecule has 0 saturated carbocycles. The van der Waals surface area contributed by atoms with E-state index in [0.717, 1.165) is 23.0 Å². The highest BCUT2D eigenvalue weighted by Gasteiger charge is 2.20. The van der Waals surface area contributed by atoms with E-state index < -0.39 is 0 Å². The van der Waals surface area contributed by atoms with Gasteiger partial charge in [-0.3, -0.25) is 4.79 Å². The van der Waals surface area contributed by atoms with E-state index in [1.54, 1.807) is 12.1 Å². The van der Waals surface area contributed by atoms with Crippen molar-refractivity contribution in [3.8, 4) is 0 Å². The summed E-state index contributed by atoms with van der Waals surface area (Å²) in [4.78, 5) is 12.0. The van der Waals surface area contributed by atoms with E-state index >= 15 is 0 Å². The van der Waals surface area contributed by atoms with E-state index in [2.05, 4.69) is 0 Å². The zero-order chi connectivity index (χ0) is 11.8. The molecule has 2 heterocycles. The van der Waals surface area contributed by atoms with Gasteiger partial charge in [0.1, 0.15) is 5.58 Å². The van der Waals surface area contributed by atoms with Crippen LogP contribution in [0.2, 0.25) is 0 Å². The summed E-state index contributed by atoms with van der Waals surface area (Å²) >= 11 is 0. The van der Waals surface area contributed by atoms with Gasteiger partial charge in [-0.2, -0.15) is 0 Å². The van der Waals surface area contributed by atoms with Crippen LogP contribution in [-0.4, -0.2) is 12.4 Å². The van der Waals surface area contributed by atoms with Crippen LogP contribution in [-0.2, 0) is 4.74 Å². The monoisotopic (exact) mass is 228 g/mol. The third-order valence-corrected chi connectivity index (χ3v) is 2.82. The fourth-order valence-electron chi connectivity index (χ4n) is 1.97. The first-order chi connectivity index (χ1) is 8.24. The molecule has 17 heavy (non-hydrogen) atoms. The second kappa shape index (κ2) is 3.77. The van der Waals surface area contributed by atoms with Gasteiger partial charge in [0, 0.05) is 11.8 Å². The molecule has 1 aromatic heterocycles. The van der Waals surface area contributed by atoms with E-state index in [1.807, 2.05) is 25.1 Å². The molecule has 3 rings (SSSR count). The van der Waals surface area contributed by atoms with Gasteiger partial charge < -0.3 is 9.15 Å². The molecule has 1 aliphatic rings. The molecule has 2 aromatic rings. The smallest absolute Gasteiger partial charge is 0.262 e. The summed E-state index contributed by atoms with van der Waals surface area (Å²) in [6.07, 6.45) is 2.60. The van der Waals surface area contributed by atoms with Crippen molar-refractivity contribution in [2.45, 2.75) is 13.3 Å². The van der Waals surface area contributed by atoms with Crippen LogP contribution >= 0.6 is 0 Å². The highest BCUT2D eigenvalue weighted by Crippen LogP contribution is 2.24. The molecule has 0 atom stereocenters. The van der Waals surface area contributed by atoms with Gasteiger partial charge in [0.15, 0.2) is 11.5 Å². The first-order valence-electron chi connectivity index (χ1n) is 5.62. The number of aryl methyl sites for hydroxylation is 1. The fourth-order valence-corrected chi connectivity index (χ4v) is 1.97. The lowest BCUT2D eigenvalue weighted by molar-refractivity contribution is 0.0918. The molecule has 0 spiro atoms. The maximum absolute atomic E-state index is 12.0. The summed E-state index contributed by atoms with van der Waals surface area (Å²) in [7, 11) is 0. The Labute approximate surface area is 98.7 Å². The Kier molecular flexibility index (Phi) is 2.25. The van der Waals surface area contributed by atoms with Crippen molar-refractivity contribution in [2.75, 3.05) is 6.61 Å². The summed E-state index contributed by atoms with van der Waals surface area (Å²) in [5.41, 5.74) is 1.88. The topological polar surface area (TPSA) is 39.4 Å². The number of hydrogen-bond donors (Lipinski definition) is 0. The molecule has 0 unspecified atom stereocenters. The van der Waals surface area contributed by atoms with Gasteiger partial charge >= 0.3 is 0 Å². The molecule has 86 valence electrons. The van der Waals surface area contributed by atoms with Crippen LogP contribution in [0.4, 0.5) is 0 Å². The normalized spacial score (nSPS) is 14.8. The predicted molar refractivity (Wildman–Crippen MR) is 63.9 cm³/mol. The van der Waals surface area contributed by atoms with E-state index in [9.17, 15) is 4.79 Å². The van der Waals surface area contributed by atoms with Crippen LogP contribution in [0.25, 0.3) is 11.0 Å². The third-order valence-electron chi connectivity index (χ3n) is 2.82. The first-order valence-corrected chi connectivity index (χ1v) is 5.62. The minimum absolute atomic E-state index is 0.170. The van der Waals surface area contributed by atoms with Crippen molar-refractivity contribution in [1.82, 2.24) is 0 Å². The van der Waals surface area contributed by atoms with Crippen molar-refractivity contribution in [2.24, 2.45) is 0 Å². The van der Waals surface area contributed by atoms with Crippen molar-refractivity contribution in [1.29, 1.82) is 0 Å². The average Bonchev–Trinajstić information content (AvgIpc) is 2.96. The highest BCUT2D eigenvalue weighted by molar-refractivity contribution is 6.07. The maximum Gasteiger partial charge on any atom is 0.262 e. The van der Waals surface area contributed by atoms with Gasteiger partial charge in [-0.1, -0.05) is 11.6 Å². The Morgan fingerprint density at radius 3 is 2.94 bits per heavy atom. The van der Waals surface area contributed by atoms with Crippen molar-refractivity contribution in [3.63, 3.8) is 0 Å². The van der Waals surface area contributed by atoms with Crippen LogP contribution in [0.5, 0.6) is 0 Å². The van der Waals surface area contributed by atoms with Gasteiger partial charge in [0.25, 0.3) is 5.78 Å². The zero-order valence-corrected chi connectivity index (χ0v) is 9.53. The maximum atomic E-state index is 12.0. The predicted octanol–water partition coefficient (Wildman–Crippen LogP) is 3.23. The lowest BCUT2D eigenvalue weighted by Crippen LogP contribution is -2.02. The van der Waals surface area contributed by atoms with Gasteiger partial charge in [-0.05, 0) is 31.2 Å². The molecular formula is C14H12O3. The van der Waals surface area contributed by atoms with Crippen LogP contribution in [0.1, 0.15) is 22.5 Å². The molecule has 0 radical (unpaired) electrons. The van der Waals surface area contributed by atoms with Crippen LogP contribution in [0, 0.1) is 6.92 Å². The van der Waals surface area contributed by atoms with Gasteiger partial charge in [0.2, 0.25) is 0 Å². The van der Waals surface area contributed by atoms with E-state index in [0.29, 0.717) is 18.1 Å². The van der Waals surface area contributed by atoms with Gasteiger partial charge in [-0.25, -0.2) is 0 Å². The number of carbonyl (C=O) groups is 1. The molecule has 0 amide bonds. The Bertz CT molecular complexity index is 619. The SMILES string of the molecule is Cc1ccc2oc(C(=O)C3=CCCO3)cc2c1. The Hall–Kier alpha value is -2.03. The molecule has 3 heteroatoms. The average molecular weight is 228 g/mol. The van der Waals surface area contributed by atoms with E-state index in [-0.39, 0.29) is 5.78 Å². The van der Waals surface area contributed by atoms with Crippen LogP contribution in [0.15, 0.2) is 40.5 Å². The molecule has 1 aliphatic heterocycles. The molecule has 1 aromatic carbocycles. The lowest BCUT2D eigenvalue weighted by Gasteiger charge is -1.98. The molecule has 0 fully saturated rings. The quantitative estimate of drug-likeness (QED) is 0.741. The highest BCUT2D eigenvalue weighted by atomic mass is 16.5. The number of benzene rings is 1. The number of rotatable bonds is 2. The molecule has 0 bridgehead atoms.